The number of ether oxygens (including phenoxy) is 2. The summed E-state index contributed by atoms with van der Waals surface area (Å²) in [5, 5.41) is 0. The van der Waals surface area contributed by atoms with E-state index in [0.29, 0.717) is 36.9 Å². The summed E-state index contributed by atoms with van der Waals surface area (Å²) in [6.45, 7) is 12.8. The van der Waals surface area contributed by atoms with Crippen LogP contribution in [0.2, 0.25) is 0 Å². The zero-order valence-electron chi connectivity index (χ0n) is 18.5. The predicted molar refractivity (Wildman–Crippen MR) is 118 cm³/mol. The number of hydrogen-bond donors (Lipinski definition) is 0. The minimum atomic E-state index is -0.739. The largest absolute Gasteiger partial charge is 0.461 e. The molecule has 0 aromatic heterocycles. The van der Waals surface area contributed by atoms with Gasteiger partial charge >= 0.3 is 5.97 Å². The van der Waals surface area contributed by atoms with Crippen molar-refractivity contribution in [1.82, 2.24) is 0 Å². The number of carbonyl (C=O) groups excluding carboxylic acids is 3. The first kappa shape index (κ1) is 23.0. The van der Waals surface area contributed by atoms with Crippen LogP contribution in [-0.4, -0.2) is 30.4 Å². The lowest BCUT2D eigenvalue weighted by Gasteiger charge is -2.59. The van der Waals surface area contributed by atoms with Gasteiger partial charge in [-0.2, -0.15) is 0 Å². The minimum Gasteiger partial charge on any atom is -0.461 e. The molecule has 2 aliphatic carbocycles. The topological polar surface area (TPSA) is 69.7 Å². The van der Waals surface area contributed by atoms with Gasteiger partial charge in [0.25, 0.3) is 6.47 Å². The van der Waals surface area contributed by atoms with E-state index in [1.165, 1.54) is 0 Å². The molecule has 1 aromatic carbocycles. The summed E-state index contributed by atoms with van der Waals surface area (Å²) in [4.78, 5) is 35.4. The van der Waals surface area contributed by atoms with E-state index in [2.05, 4.69) is 20.1 Å². The summed E-state index contributed by atoms with van der Waals surface area (Å²) >= 11 is 0. The van der Waals surface area contributed by atoms with Gasteiger partial charge in [0.05, 0.1) is 5.56 Å². The number of hydrogen-bond acceptors (Lipinski definition) is 5. The molecule has 0 heterocycles. The zero-order valence-corrected chi connectivity index (χ0v) is 18.5. The number of carbonyl (C=O) groups is 3. The Morgan fingerprint density at radius 1 is 1.19 bits per heavy atom. The van der Waals surface area contributed by atoms with Gasteiger partial charge < -0.3 is 9.47 Å². The number of aldehydes is 1. The summed E-state index contributed by atoms with van der Waals surface area (Å²) < 4.78 is 11.7. The molecule has 166 valence electrons. The normalized spacial score (nSPS) is 32.5. The average Bonchev–Trinajstić information content (AvgIpc) is 2.73. The Morgan fingerprint density at radius 2 is 1.90 bits per heavy atom. The molecule has 1 aromatic rings. The van der Waals surface area contributed by atoms with Crippen molar-refractivity contribution >= 4 is 18.7 Å². The highest BCUT2D eigenvalue weighted by Gasteiger charge is 2.60. The number of esters is 1. The third-order valence-electron chi connectivity index (χ3n) is 7.39. The van der Waals surface area contributed by atoms with Crippen molar-refractivity contribution in [3.63, 3.8) is 0 Å². The van der Waals surface area contributed by atoms with E-state index in [1.807, 2.05) is 13.0 Å². The van der Waals surface area contributed by atoms with Gasteiger partial charge in [-0.05, 0) is 68.1 Å². The van der Waals surface area contributed by atoms with Crippen molar-refractivity contribution in [3.8, 4) is 0 Å². The van der Waals surface area contributed by atoms with Crippen molar-refractivity contribution in [2.75, 3.05) is 0 Å². The second-order valence-electron chi connectivity index (χ2n) is 9.40. The van der Waals surface area contributed by atoms with Crippen molar-refractivity contribution in [1.29, 1.82) is 0 Å². The lowest BCUT2D eigenvalue weighted by atomic mass is 9.48. The summed E-state index contributed by atoms with van der Waals surface area (Å²) in [6, 6.07) is 8.92. The van der Waals surface area contributed by atoms with Crippen LogP contribution in [0.1, 0.15) is 62.7 Å². The zero-order chi connectivity index (χ0) is 22.6. The molecule has 0 saturated heterocycles. The fourth-order valence-electron chi connectivity index (χ4n) is 6.08. The Labute approximate surface area is 184 Å². The number of fused-ring (bicyclic) bond motifs is 1. The SMILES string of the molecule is C=C(C=O)CC[C@@H]1C(=C)C[C@@H](OC(=O)c2ccccc2)C2[C@](C)(OC=O)CCC[C@@]21C. The molecule has 5 heteroatoms. The molecule has 5 atom stereocenters. The van der Waals surface area contributed by atoms with Crippen molar-refractivity contribution in [2.24, 2.45) is 17.3 Å². The van der Waals surface area contributed by atoms with Gasteiger partial charge in [-0.3, -0.25) is 9.59 Å². The average molecular weight is 425 g/mol. The van der Waals surface area contributed by atoms with Crippen LogP contribution >= 0.6 is 0 Å². The highest BCUT2D eigenvalue weighted by Crippen LogP contribution is 2.60. The number of rotatable bonds is 8. The van der Waals surface area contributed by atoms with E-state index >= 15 is 0 Å². The number of allylic oxidation sites excluding steroid dienone is 1. The molecule has 0 N–H and O–H groups in total. The fourth-order valence-corrected chi connectivity index (χ4v) is 6.08. The monoisotopic (exact) mass is 424 g/mol. The van der Waals surface area contributed by atoms with Crippen LogP contribution in [0.3, 0.4) is 0 Å². The molecule has 0 aliphatic heterocycles. The number of benzene rings is 1. The first-order valence-corrected chi connectivity index (χ1v) is 10.9. The van der Waals surface area contributed by atoms with E-state index in [0.717, 1.165) is 31.1 Å². The molecule has 2 saturated carbocycles. The molecule has 3 rings (SSSR count). The van der Waals surface area contributed by atoms with Crippen LogP contribution < -0.4 is 0 Å². The minimum absolute atomic E-state index is 0.121. The molecule has 31 heavy (non-hydrogen) atoms. The molecule has 0 spiro atoms. The van der Waals surface area contributed by atoms with E-state index in [-0.39, 0.29) is 23.2 Å². The highest BCUT2D eigenvalue weighted by molar-refractivity contribution is 5.89. The van der Waals surface area contributed by atoms with Gasteiger partial charge in [0, 0.05) is 12.3 Å². The maximum Gasteiger partial charge on any atom is 0.338 e. The third kappa shape index (κ3) is 4.51. The van der Waals surface area contributed by atoms with Gasteiger partial charge in [0.1, 0.15) is 18.0 Å². The molecule has 2 aliphatic rings. The lowest BCUT2D eigenvalue weighted by molar-refractivity contribution is -0.192. The molecule has 0 radical (unpaired) electrons. The van der Waals surface area contributed by atoms with Crippen molar-refractivity contribution in [3.05, 3.63) is 60.2 Å². The Balaban J connectivity index is 1.95. The molecule has 0 amide bonds. The predicted octanol–water partition coefficient (Wildman–Crippen LogP) is 5.06. The second kappa shape index (κ2) is 9.21. The standard InChI is InChI=1S/C26H32O5/c1-18(16-27)11-12-21-19(2)15-22(31-24(29)20-9-6-5-7-10-20)23-25(21,3)13-8-14-26(23,4)30-17-28/h5-7,9-10,16-17,21-23H,1-2,8,11-15H2,3-4H3/t21-,22-,23?,25-,26-/m1/s1. The first-order chi connectivity index (χ1) is 14.7. The van der Waals surface area contributed by atoms with Crippen LogP contribution in [0.4, 0.5) is 0 Å². The summed E-state index contributed by atoms with van der Waals surface area (Å²) in [5.41, 5.74) is 1.05. The Bertz CT molecular complexity index is 860. The van der Waals surface area contributed by atoms with E-state index < -0.39 is 11.7 Å². The van der Waals surface area contributed by atoms with Crippen molar-refractivity contribution in [2.45, 2.75) is 64.1 Å². The van der Waals surface area contributed by atoms with Crippen LogP contribution in [0, 0.1) is 17.3 Å². The van der Waals surface area contributed by atoms with Gasteiger partial charge in [-0.25, -0.2) is 4.79 Å². The van der Waals surface area contributed by atoms with Crippen LogP contribution in [0.25, 0.3) is 0 Å². The van der Waals surface area contributed by atoms with E-state index in [9.17, 15) is 14.4 Å². The maximum absolute atomic E-state index is 12.9. The third-order valence-corrected chi connectivity index (χ3v) is 7.39. The first-order valence-electron chi connectivity index (χ1n) is 10.9. The van der Waals surface area contributed by atoms with Crippen LogP contribution in [0.15, 0.2) is 54.6 Å². The summed E-state index contributed by atoms with van der Waals surface area (Å²) in [6.07, 6.45) is 4.73. The summed E-state index contributed by atoms with van der Waals surface area (Å²) in [5.74, 6) is -0.435. The van der Waals surface area contributed by atoms with E-state index in [4.69, 9.17) is 9.47 Å². The molecule has 0 bridgehead atoms. The Kier molecular flexibility index (Phi) is 6.83. The van der Waals surface area contributed by atoms with Gasteiger partial charge in [0.15, 0.2) is 0 Å². The Morgan fingerprint density at radius 3 is 2.55 bits per heavy atom. The van der Waals surface area contributed by atoms with Crippen molar-refractivity contribution < 1.29 is 23.9 Å². The highest BCUT2D eigenvalue weighted by atomic mass is 16.6. The van der Waals surface area contributed by atoms with Gasteiger partial charge in [-0.1, -0.05) is 43.9 Å². The second-order valence-corrected chi connectivity index (χ2v) is 9.40. The van der Waals surface area contributed by atoms with Crippen LogP contribution in [0.5, 0.6) is 0 Å². The lowest BCUT2D eigenvalue weighted by Crippen LogP contribution is -2.61. The molecule has 5 nitrogen and oxygen atoms in total. The Hall–Kier alpha value is -2.69. The maximum atomic E-state index is 12.9. The smallest absolute Gasteiger partial charge is 0.338 e. The summed E-state index contributed by atoms with van der Waals surface area (Å²) in [7, 11) is 0. The van der Waals surface area contributed by atoms with Gasteiger partial charge in [0.2, 0.25) is 0 Å². The van der Waals surface area contributed by atoms with Gasteiger partial charge in [-0.15, -0.1) is 0 Å². The van der Waals surface area contributed by atoms with Crippen LogP contribution in [-0.2, 0) is 19.1 Å². The quantitative estimate of drug-likeness (QED) is 0.252. The molecular formula is C26H32O5. The molecule has 1 unspecified atom stereocenters. The van der Waals surface area contributed by atoms with E-state index in [1.54, 1.807) is 24.3 Å². The fraction of sp³-hybridized carbons (Fsp3) is 0.500. The molecular weight excluding hydrogens is 392 g/mol. The molecule has 2 fully saturated rings.